The van der Waals surface area contributed by atoms with Crippen LogP contribution in [0, 0.1) is 5.82 Å². The average molecular weight is 363 g/mol. The largest absolute Gasteiger partial charge is 0.330 e. The van der Waals surface area contributed by atoms with Crippen LogP contribution in [0.15, 0.2) is 18.2 Å². The van der Waals surface area contributed by atoms with E-state index in [1.807, 2.05) is 0 Å². The molecule has 1 N–H and O–H groups in total. The summed E-state index contributed by atoms with van der Waals surface area (Å²) in [6, 6.07) is 3.22. The molecular weight excluding hydrogens is 347 g/mol. The van der Waals surface area contributed by atoms with Crippen molar-refractivity contribution >= 4 is 38.9 Å². The van der Waals surface area contributed by atoms with Crippen LogP contribution in [0.3, 0.4) is 0 Å². The van der Waals surface area contributed by atoms with Crippen LogP contribution >= 0.6 is 11.6 Å². The standard InChI is InChI=1S/C14H16ClFN2O4S/c1-9(19)18(11-4-5-23(21,22)8-11)7-14(20)17-10-2-3-13(16)12(15)6-10/h2-3,6,11H,4-5,7-8H2,1H3,(H,17,20). The van der Waals surface area contributed by atoms with Crippen molar-refractivity contribution in [1.82, 2.24) is 4.90 Å². The number of hydrogen-bond acceptors (Lipinski definition) is 4. The minimum absolute atomic E-state index is 0.0106. The van der Waals surface area contributed by atoms with Gasteiger partial charge in [-0.05, 0) is 24.6 Å². The first-order valence-corrected chi connectivity index (χ1v) is 9.10. The van der Waals surface area contributed by atoms with Crippen molar-refractivity contribution in [3.63, 3.8) is 0 Å². The number of benzene rings is 1. The van der Waals surface area contributed by atoms with Crippen molar-refractivity contribution < 1.29 is 22.4 Å². The molecule has 1 aliphatic rings. The van der Waals surface area contributed by atoms with Crippen LogP contribution in [-0.4, -0.2) is 49.2 Å². The van der Waals surface area contributed by atoms with Crippen molar-refractivity contribution in [1.29, 1.82) is 0 Å². The Hall–Kier alpha value is -1.67. The van der Waals surface area contributed by atoms with Crippen LogP contribution in [0.4, 0.5) is 10.1 Å². The number of halogens is 2. The van der Waals surface area contributed by atoms with Gasteiger partial charge in [-0.3, -0.25) is 9.59 Å². The molecule has 1 fully saturated rings. The highest BCUT2D eigenvalue weighted by atomic mass is 35.5. The highest BCUT2D eigenvalue weighted by molar-refractivity contribution is 7.91. The molecule has 1 aliphatic heterocycles. The van der Waals surface area contributed by atoms with E-state index in [0.717, 1.165) is 6.07 Å². The van der Waals surface area contributed by atoms with Crippen molar-refractivity contribution in [2.75, 3.05) is 23.4 Å². The third-order valence-electron chi connectivity index (χ3n) is 3.57. The number of hydrogen-bond donors (Lipinski definition) is 1. The number of anilines is 1. The molecule has 1 aromatic rings. The fourth-order valence-electron chi connectivity index (χ4n) is 2.45. The van der Waals surface area contributed by atoms with E-state index in [-0.39, 0.29) is 29.0 Å². The van der Waals surface area contributed by atoms with Crippen molar-refractivity contribution in [3.8, 4) is 0 Å². The summed E-state index contributed by atoms with van der Waals surface area (Å²) < 4.78 is 36.1. The van der Waals surface area contributed by atoms with Crippen molar-refractivity contribution in [2.45, 2.75) is 19.4 Å². The molecule has 1 heterocycles. The zero-order chi connectivity index (χ0) is 17.2. The fraction of sp³-hybridized carbons (Fsp3) is 0.429. The van der Waals surface area contributed by atoms with Crippen molar-refractivity contribution in [3.05, 3.63) is 29.0 Å². The minimum atomic E-state index is -3.16. The van der Waals surface area contributed by atoms with E-state index in [4.69, 9.17) is 11.6 Å². The lowest BCUT2D eigenvalue weighted by molar-refractivity contribution is -0.134. The second kappa shape index (κ2) is 6.84. The molecule has 1 atom stereocenters. The van der Waals surface area contributed by atoms with Gasteiger partial charge in [-0.1, -0.05) is 11.6 Å². The van der Waals surface area contributed by atoms with Crippen LogP contribution in [0.2, 0.25) is 5.02 Å². The monoisotopic (exact) mass is 362 g/mol. The predicted octanol–water partition coefficient (Wildman–Crippen LogP) is 1.45. The lowest BCUT2D eigenvalue weighted by Gasteiger charge is -2.26. The number of carbonyl (C=O) groups is 2. The molecule has 9 heteroatoms. The first-order chi connectivity index (χ1) is 10.7. The highest BCUT2D eigenvalue weighted by Gasteiger charge is 2.34. The Bertz CT molecular complexity index is 738. The zero-order valence-corrected chi connectivity index (χ0v) is 14.0. The maximum absolute atomic E-state index is 13.1. The van der Waals surface area contributed by atoms with Gasteiger partial charge in [-0.2, -0.15) is 0 Å². The molecule has 0 aromatic heterocycles. The molecule has 6 nitrogen and oxygen atoms in total. The van der Waals surface area contributed by atoms with Crippen LogP contribution in [0.5, 0.6) is 0 Å². The molecular formula is C14H16ClFN2O4S. The van der Waals surface area contributed by atoms with Gasteiger partial charge < -0.3 is 10.2 Å². The lowest BCUT2D eigenvalue weighted by atomic mass is 10.2. The minimum Gasteiger partial charge on any atom is -0.330 e. The van der Waals surface area contributed by atoms with E-state index in [1.165, 1.54) is 24.0 Å². The van der Waals surface area contributed by atoms with E-state index in [2.05, 4.69) is 5.32 Å². The Balaban J connectivity index is 2.03. The average Bonchev–Trinajstić information content (AvgIpc) is 2.80. The Kier molecular flexibility index (Phi) is 5.26. The number of sulfone groups is 1. The summed E-state index contributed by atoms with van der Waals surface area (Å²) in [5.41, 5.74) is 0.295. The summed E-state index contributed by atoms with van der Waals surface area (Å²) >= 11 is 5.63. The second-order valence-corrected chi connectivity index (χ2v) is 8.02. The third kappa shape index (κ3) is 4.65. The summed E-state index contributed by atoms with van der Waals surface area (Å²) in [5, 5.41) is 2.37. The van der Waals surface area contributed by atoms with Gasteiger partial charge in [-0.25, -0.2) is 12.8 Å². The lowest BCUT2D eigenvalue weighted by Crippen LogP contribution is -2.44. The van der Waals surface area contributed by atoms with Crippen molar-refractivity contribution in [2.24, 2.45) is 0 Å². The maximum atomic E-state index is 13.1. The summed E-state index contributed by atoms with van der Waals surface area (Å²) in [6.45, 7) is 1.01. The molecule has 0 radical (unpaired) electrons. The second-order valence-electron chi connectivity index (χ2n) is 5.38. The van der Waals surface area contributed by atoms with Crippen LogP contribution < -0.4 is 5.32 Å². The molecule has 1 aromatic carbocycles. The van der Waals surface area contributed by atoms with Crippen LogP contribution in [-0.2, 0) is 19.4 Å². The summed E-state index contributed by atoms with van der Waals surface area (Å²) in [6.07, 6.45) is 0.317. The van der Waals surface area contributed by atoms with Gasteiger partial charge in [0.1, 0.15) is 12.4 Å². The fourth-order valence-corrected chi connectivity index (χ4v) is 4.36. The molecule has 1 unspecified atom stereocenters. The zero-order valence-electron chi connectivity index (χ0n) is 12.4. The summed E-state index contributed by atoms with van der Waals surface area (Å²) in [7, 11) is -3.16. The molecule has 0 bridgehead atoms. The van der Waals surface area contributed by atoms with Gasteiger partial charge in [0.25, 0.3) is 0 Å². The van der Waals surface area contributed by atoms with Crippen LogP contribution in [0.1, 0.15) is 13.3 Å². The number of nitrogens with zero attached hydrogens (tertiary/aromatic N) is 1. The van der Waals surface area contributed by atoms with Crippen LogP contribution in [0.25, 0.3) is 0 Å². The topological polar surface area (TPSA) is 83.6 Å². The smallest absolute Gasteiger partial charge is 0.244 e. The molecule has 0 saturated carbocycles. The Labute approximate surface area is 138 Å². The number of nitrogens with one attached hydrogen (secondary N) is 1. The van der Waals surface area contributed by atoms with Gasteiger partial charge in [0.05, 0.1) is 16.5 Å². The molecule has 23 heavy (non-hydrogen) atoms. The number of amides is 2. The van der Waals surface area contributed by atoms with E-state index < -0.39 is 27.6 Å². The highest BCUT2D eigenvalue weighted by Crippen LogP contribution is 2.20. The van der Waals surface area contributed by atoms with Gasteiger partial charge in [0, 0.05) is 18.7 Å². The van der Waals surface area contributed by atoms with E-state index in [0.29, 0.717) is 12.1 Å². The molecule has 2 rings (SSSR count). The van der Waals surface area contributed by atoms with Gasteiger partial charge in [0.2, 0.25) is 11.8 Å². The van der Waals surface area contributed by atoms with Gasteiger partial charge >= 0.3 is 0 Å². The Morgan fingerprint density at radius 2 is 2.13 bits per heavy atom. The first-order valence-electron chi connectivity index (χ1n) is 6.90. The molecule has 1 saturated heterocycles. The van der Waals surface area contributed by atoms with Gasteiger partial charge in [-0.15, -0.1) is 0 Å². The first kappa shape index (κ1) is 17.7. The number of carbonyl (C=O) groups excluding carboxylic acids is 2. The summed E-state index contributed by atoms with van der Waals surface area (Å²) in [4.78, 5) is 25.0. The maximum Gasteiger partial charge on any atom is 0.244 e. The SMILES string of the molecule is CC(=O)N(CC(=O)Nc1ccc(F)c(Cl)c1)C1CCS(=O)(=O)C1. The molecule has 126 valence electrons. The molecule has 0 aliphatic carbocycles. The number of rotatable bonds is 4. The predicted molar refractivity (Wildman–Crippen MR) is 84.5 cm³/mol. The van der Waals surface area contributed by atoms with E-state index in [1.54, 1.807) is 0 Å². The van der Waals surface area contributed by atoms with E-state index >= 15 is 0 Å². The van der Waals surface area contributed by atoms with E-state index in [9.17, 15) is 22.4 Å². The quantitative estimate of drug-likeness (QED) is 0.878. The molecule has 0 spiro atoms. The summed E-state index contributed by atoms with van der Waals surface area (Å²) in [5.74, 6) is -1.61. The molecule has 2 amide bonds. The third-order valence-corrected chi connectivity index (χ3v) is 5.61. The van der Waals surface area contributed by atoms with Gasteiger partial charge in [0.15, 0.2) is 9.84 Å². The Morgan fingerprint density at radius 3 is 2.65 bits per heavy atom. The normalized spacial score (nSPS) is 19.3. The Morgan fingerprint density at radius 1 is 1.43 bits per heavy atom.